The van der Waals surface area contributed by atoms with Crippen LogP contribution in [0.1, 0.15) is 97.8 Å². The fourth-order valence-electron chi connectivity index (χ4n) is 2.97. The molecule has 0 atom stereocenters. The van der Waals surface area contributed by atoms with Gasteiger partial charge in [0.15, 0.2) is 0 Å². The second-order valence-corrected chi connectivity index (χ2v) is 7.10. The smallest absolute Gasteiger partial charge is 0.0153 e. The standard InChI is InChI=1S/C18H37N/c1-4-5-6-7-8-9-10-11-12-13-16-19-18(2,3)17-14-15-17/h17,19H,4-16H2,1-3H3. The molecule has 1 fully saturated rings. The zero-order valence-corrected chi connectivity index (χ0v) is 13.8. The predicted octanol–water partition coefficient (Wildman–Crippen LogP) is 5.69. The van der Waals surface area contributed by atoms with Gasteiger partial charge in [-0.25, -0.2) is 0 Å². The molecule has 1 aliphatic rings. The molecule has 1 saturated carbocycles. The minimum atomic E-state index is 0.402. The molecule has 0 radical (unpaired) electrons. The average molecular weight is 268 g/mol. The van der Waals surface area contributed by atoms with E-state index >= 15 is 0 Å². The second-order valence-electron chi connectivity index (χ2n) is 7.10. The monoisotopic (exact) mass is 267 g/mol. The van der Waals surface area contributed by atoms with Crippen molar-refractivity contribution in [1.29, 1.82) is 0 Å². The van der Waals surface area contributed by atoms with E-state index < -0.39 is 0 Å². The fourth-order valence-corrected chi connectivity index (χ4v) is 2.97. The van der Waals surface area contributed by atoms with Crippen LogP contribution >= 0.6 is 0 Å². The van der Waals surface area contributed by atoms with E-state index in [1.807, 2.05) is 0 Å². The van der Waals surface area contributed by atoms with Crippen molar-refractivity contribution in [3.63, 3.8) is 0 Å². The first-order valence-corrected chi connectivity index (χ1v) is 8.92. The third kappa shape index (κ3) is 8.68. The number of rotatable bonds is 13. The molecular weight excluding hydrogens is 230 g/mol. The summed E-state index contributed by atoms with van der Waals surface area (Å²) in [5.74, 6) is 0.954. The first kappa shape index (κ1) is 17.0. The Morgan fingerprint density at radius 2 is 1.26 bits per heavy atom. The molecule has 1 heteroatoms. The van der Waals surface area contributed by atoms with Gasteiger partial charge in [-0.2, -0.15) is 0 Å². The van der Waals surface area contributed by atoms with E-state index in [1.165, 1.54) is 83.6 Å². The van der Waals surface area contributed by atoms with Crippen molar-refractivity contribution in [2.24, 2.45) is 5.92 Å². The van der Waals surface area contributed by atoms with E-state index in [4.69, 9.17) is 0 Å². The van der Waals surface area contributed by atoms with Gasteiger partial charge in [0.25, 0.3) is 0 Å². The van der Waals surface area contributed by atoms with Crippen molar-refractivity contribution < 1.29 is 0 Å². The summed E-state index contributed by atoms with van der Waals surface area (Å²) < 4.78 is 0. The Bertz CT molecular complexity index is 206. The van der Waals surface area contributed by atoms with Gasteiger partial charge in [-0.1, -0.05) is 64.7 Å². The van der Waals surface area contributed by atoms with Gasteiger partial charge in [-0.15, -0.1) is 0 Å². The lowest BCUT2D eigenvalue weighted by Gasteiger charge is -2.26. The third-order valence-corrected chi connectivity index (χ3v) is 4.71. The highest BCUT2D eigenvalue weighted by Gasteiger charge is 2.36. The average Bonchev–Trinajstić information content (AvgIpc) is 3.20. The van der Waals surface area contributed by atoms with Gasteiger partial charge in [0.1, 0.15) is 0 Å². The van der Waals surface area contributed by atoms with Crippen LogP contribution in [0.4, 0.5) is 0 Å². The molecule has 0 saturated heterocycles. The molecule has 0 unspecified atom stereocenters. The maximum atomic E-state index is 3.75. The summed E-state index contributed by atoms with van der Waals surface area (Å²) in [6.07, 6.45) is 17.2. The van der Waals surface area contributed by atoms with Crippen LogP contribution in [0.15, 0.2) is 0 Å². The van der Waals surface area contributed by atoms with Gasteiger partial charge >= 0.3 is 0 Å². The molecule has 114 valence electrons. The van der Waals surface area contributed by atoms with Crippen LogP contribution in [0.25, 0.3) is 0 Å². The zero-order valence-electron chi connectivity index (χ0n) is 13.8. The van der Waals surface area contributed by atoms with Crippen molar-refractivity contribution in [2.75, 3.05) is 6.54 Å². The predicted molar refractivity (Wildman–Crippen MR) is 86.6 cm³/mol. The topological polar surface area (TPSA) is 12.0 Å². The van der Waals surface area contributed by atoms with Crippen molar-refractivity contribution in [1.82, 2.24) is 5.32 Å². The van der Waals surface area contributed by atoms with Gasteiger partial charge in [-0.05, 0) is 45.6 Å². The summed E-state index contributed by atoms with van der Waals surface area (Å²) in [7, 11) is 0. The quantitative estimate of drug-likeness (QED) is 0.423. The van der Waals surface area contributed by atoms with Crippen molar-refractivity contribution >= 4 is 0 Å². The minimum absolute atomic E-state index is 0.402. The van der Waals surface area contributed by atoms with E-state index in [2.05, 4.69) is 26.1 Å². The SMILES string of the molecule is CCCCCCCCCCCCNC(C)(C)C1CC1. The Balaban J connectivity index is 1.76. The summed E-state index contributed by atoms with van der Waals surface area (Å²) in [6, 6.07) is 0. The Kier molecular flexibility index (Phi) is 8.77. The highest BCUT2D eigenvalue weighted by atomic mass is 15.0. The first-order valence-electron chi connectivity index (χ1n) is 8.92. The second kappa shape index (κ2) is 9.80. The molecule has 0 bridgehead atoms. The van der Waals surface area contributed by atoms with E-state index in [9.17, 15) is 0 Å². The lowest BCUT2D eigenvalue weighted by molar-refractivity contribution is 0.337. The molecule has 0 aromatic heterocycles. The van der Waals surface area contributed by atoms with Crippen molar-refractivity contribution in [3.05, 3.63) is 0 Å². The maximum absolute atomic E-state index is 3.75. The number of hydrogen-bond acceptors (Lipinski definition) is 1. The molecule has 0 amide bonds. The van der Waals surface area contributed by atoms with Gasteiger partial charge in [0.2, 0.25) is 0 Å². The van der Waals surface area contributed by atoms with E-state index in [-0.39, 0.29) is 0 Å². The molecule has 1 aliphatic carbocycles. The van der Waals surface area contributed by atoms with Crippen LogP contribution in [0.2, 0.25) is 0 Å². The zero-order chi connectivity index (χ0) is 14.0. The summed E-state index contributed by atoms with van der Waals surface area (Å²) >= 11 is 0. The van der Waals surface area contributed by atoms with Crippen LogP contribution in [0, 0.1) is 5.92 Å². The lowest BCUT2D eigenvalue weighted by Crippen LogP contribution is -2.41. The minimum Gasteiger partial charge on any atom is -0.312 e. The van der Waals surface area contributed by atoms with Crippen molar-refractivity contribution in [2.45, 2.75) is 103 Å². The molecule has 19 heavy (non-hydrogen) atoms. The summed E-state index contributed by atoms with van der Waals surface area (Å²) in [6.45, 7) is 8.26. The summed E-state index contributed by atoms with van der Waals surface area (Å²) in [5.41, 5.74) is 0.402. The van der Waals surface area contributed by atoms with Crippen LogP contribution in [-0.2, 0) is 0 Å². The summed E-state index contributed by atoms with van der Waals surface area (Å²) in [4.78, 5) is 0. The van der Waals surface area contributed by atoms with E-state index in [1.54, 1.807) is 0 Å². The van der Waals surface area contributed by atoms with Crippen LogP contribution < -0.4 is 5.32 Å². The molecule has 1 nitrogen and oxygen atoms in total. The highest BCUT2D eigenvalue weighted by molar-refractivity contribution is 4.94. The van der Waals surface area contributed by atoms with Crippen LogP contribution in [0.3, 0.4) is 0 Å². The first-order chi connectivity index (χ1) is 9.17. The van der Waals surface area contributed by atoms with Crippen LogP contribution in [-0.4, -0.2) is 12.1 Å². The number of nitrogens with one attached hydrogen (secondary N) is 1. The van der Waals surface area contributed by atoms with Gasteiger partial charge in [0.05, 0.1) is 0 Å². The number of unbranched alkanes of at least 4 members (excludes halogenated alkanes) is 9. The van der Waals surface area contributed by atoms with Gasteiger partial charge in [-0.3, -0.25) is 0 Å². The Hall–Kier alpha value is -0.0400. The summed E-state index contributed by atoms with van der Waals surface area (Å²) in [5, 5.41) is 3.75. The molecule has 0 aromatic carbocycles. The van der Waals surface area contributed by atoms with E-state index in [0.717, 1.165) is 5.92 Å². The molecule has 0 spiro atoms. The third-order valence-electron chi connectivity index (χ3n) is 4.71. The Morgan fingerprint density at radius 3 is 1.74 bits per heavy atom. The molecule has 0 aromatic rings. The van der Waals surface area contributed by atoms with Gasteiger partial charge < -0.3 is 5.32 Å². The highest BCUT2D eigenvalue weighted by Crippen LogP contribution is 2.39. The van der Waals surface area contributed by atoms with Crippen molar-refractivity contribution in [3.8, 4) is 0 Å². The Morgan fingerprint density at radius 1 is 0.789 bits per heavy atom. The molecule has 0 heterocycles. The van der Waals surface area contributed by atoms with Gasteiger partial charge in [0, 0.05) is 5.54 Å². The lowest BCUT2D eigenvalue weighted by atomic mass is 9.98. The normalized spacial score (nSPS) is 15.9. The molecule has 0 aliphatic heterocycles. The maximum Gasteiger partial charge on any atom is 0.0153 e. The molecular formula is C18H37N. The number of hydrogen-bond donors (Lipinski definition) is 1. The van der Waals surface area contributed by atoms with E-state index in [0.29, 0.717) is 5.54 Å². The molecule has 1 N–H and O–H groups in total. The fraction of sp³-hybridized carbons (Fsp3) is 1.00. The Labute approximate surface area is 121 Å². The van der Waals surface area contributed by atoms with Crippen LogP contribution in [0.5, 0.6) is 0 Å². The molecule has 1 rings (SSSR count). The largest absolute Gasteiger partial charge is 0.312 e.